The second-order valence-electron chi connectivity index (χ2n) is 6.45. The first-order valence-electron chi connectivity index (χ1n) is 6.75. The van der Waals surface area contributed by atoms with Crippen molar-refractivity contribution < 1.29 is 5.11 Å². The van der Waals surface area contributed by atoms with E-state index in [-0.39, 0.29) is 0 Å². The molecule has 0 saturated heterocycles. The Bertz CT molecular complexity index is 307. The van der Waals surface area contributed by atoms with Crippen LogP contribution < -0.4 is 0 Å². The van der Waals surface area contributed by atoms with Crippen molar-refractivity contribution in [1.29, 1.82) is 0 Å². The summed E-state index contributed by atoms with van der Waals surface area (Å²) in [5, 5.41) is 9.14. The number of fused-ring (bicyclic) bond motifs is 1. The Morgan fingerprint density at radius 3 is 2.62 bits per heavy atom. The molecule has 0 amide bonds. The summed E-state index contributed by atoms with van der Waals surface area (Å²) in [6, 6.07) is 0. The van der Waals surface area contributed by atoms with Crippen molar-refractivity contribution >= 4 is 0 Å². The van der Waals surface area contributed by atoms with Gasteiger partial charge in [0, 0.05) is 6.61 Å². The highest BCUT2D eigenvalue weighted by Gasteiger charge is 2.56. The van der Waals surface area contributed by atoms with Gasteiger partial charge in [0.25, 0.3) is 0 Å². The maximum absolute atomic E-state index is 9.14. The Morgan fingerprint density at radius 2 is 2.00 bits per heavy atom. The average molecular weight is 222 g/mol. The molecule has 16 heavy (non-hydrogen) atoms. The first-order chi connectivity index (χ1) is 7.45. The number of hydrogen-bond acceptors (Lipinski definition) is 1. The number of hydrogen-bond donors (Lipinski definition) is 1. The third-order valence-electron chi connectivity index (χ3n) is 6.19. The molecular formula is C15H26O. The van der Waals surface area contributed by atoms with Crippen molar-refractivity contribution in [1.82, 2.24) is 0 Å². The molecule has 4 atom stereocenters. The molecule has 0 aromatic carbocycles. The molecule has 0 aromatic heterocycles. The lowest BCUT2D eigenvalue weighted by molar-refractivity contribution is 0.0241. The summed E-state index contributed by atoms with van der Waals surface area (Å²) in [6.07, 6.45) is 7.24. The molecule has 92 valence electrons. The largest absolute Gasteiger partial charge is 0.396 e. The summed E-state index contributed by atoms with van der Waals surface area (Å²) >= 11 is 0. The molecule has 1 saturated carbocycles. The van der Waals surface area contributed by atoms with Gasteiger partial charge in [0.1, 0.15) is 0 Å². The molecule has 1 fully saturated rings. The number of allylic oxidation sites excluding steroid dienone is 1. The molecule has 0 aromatic rings. The van der Waals surface area contributed by atoms with Gasteiger partial charge in [-0.3, -0.25) is 0 Å². The van der Waals surface area contributed by atoms with Crippen LogP contribution in [0.5, 0.6) is 0 Å². The van der Waals surface area contributed by atoms with Crippen LogP contribution in [0.3, 0.4) is 0 Å². The number of aliphatic hydroxyl groups is 1. The molecule has 2 aliphatic carbocycles. The fourth-order valence-corrected chi connectivity index (χ4v) is 4.21. The average Bonchev–Trinajstić information content (AvgIpc) is 2.49. The zero-order chi connectivity index (χ0) is 12.0. The first kappa shape index (κ1) is 12.2. The topological polar surface area (TPSA) is 20.2 Å². The van der Waals surface area contributed by atoms with Gasteiger partial charge in [-0.05, 0) is 48.3 Å². The quantitative estimate of drug-likeness (QED) is 0.705. The van der Waals surface area contributed by atoms with E-state index in [1.54, 1.807) is 0 Å². The Morgan fingerprint density at radius 1 is 1.31 bits per heavy atom. The zero-order valence-electron chi connectivity index (χ0n) is 11.2. The molecule has 1 nitrogen and oxygen atoms in total. The lowest BCUT2D eigenvalue weighted by Gasteiger charge is -2.51. The maximum Gasteiger partial charge on any atom is 0.0468 e. The highest BCUT2D eigenvalue weighted by molar-refractivity contribution is 5.22. The molecule has 0 bridgehead atoms. The Kier molecular flexibility index (Phi) is 2.94. The molecule has 0 aliphatic heterocycles. The molecule has 0 radical (unpaired) electrons. The van der Waals surface area contributed by atoms with E-state index in [2.05, 4.69) is 33.8 Å². The lowest BCUT2D eigenvalue weighted by Crippen LogP contribution is -2.43. The van der Waals surface area contributed by atoms with E-state index in [9.17, 15) is 0 Å². The highest BCUT2D eigenvalue weighted by Crippen LogP contribution is 2.65. The minimum atomic E-state index is 0.304. The van der Waals surface area contributed by atoms with Crippen LogP contribution in [0.25, 0.3) is 0 Å². The van der Waals surface area contributed by atoms with Crippen LogP contribution in [0, 0.1) is 22.7 Å². The van der Waals surface area contributed by atoms with Gasteiger partial charge in [0.15, 0.2) is 0 Å². The van der Waals surface area contributed by atoms with Crippen LogP contribution in [0.2, 0.25) is 0 Å². The third-order valence-corrected chi connectivity index (χ3v) is 6.19. The molecule has 1 N–H and O–H groups in total. The summed E-state index contributed by atoms with van der Waals surface area (Å²) < 4.78 is 0. The van der Waals surface area contributed by atoms with Gasteiger partial charge >= 0.3 is 0 Å². The Hall–Kier alpha value is -0.300. The zero-order valence-corrected chi connectivity index (χ0v) is 11.2. The molecule has 1 heteroatoms. The van der Waals surface area contributed by atoms with Crippen LogP contribution in [-0.2, 0) is 0 Å². The van der Waals surface area contributed by atoms with Crippen molar-refractivity contribution in [2.45, 2.75) is 53.4 Å². The van der Waals surface area contributed by atoms with Gasteiger partial charge in [0.05, 0.1) is 0 Å². The smallest absolute Gasteiger partial charge is 0.0468 e. The molecular weight excluding hydrogens is 196 g/mol. The maximum atomic E-state index is 9.14. The molecule has 0 heterocycles. The highest BCUT2D eigenvalue weighted by atomic mass is 16.2. The van der Waals surface area contributed by atoms with Crippen molar-refractivity contribution in [2.75, 3.05) is 6.61 Å². The van der Waals surface area contributed by atoms with Gasteiger partial charge in [-0.2, -0.15) is 0 Å². The van der Waals surface area contributed by atoms with Gasteiger partial charge in [-0.15, -0.1) is 0 Å². The second kappa shape index (κ2) is 3.87. The van der Waals surface area contributed by atoms with Crippen LogP contribution in [0.4, 0.5) is 0 Å². The van der Waals surface area contributed by atoms with Crippen molar-refractivity contribution in [3.05, 3.63) is 11.6 Å². The lowest BCUT2D eigenvalue weighted by atomic mass is 9.53. The van der Waals surface area contributed by atoms with Crippen LogP contribution in [-0.4, -0.2) is 11.7 Å². The van der Waals surface area contributed by atoms with E-state index in [1.807, 2.05) is 0 Å². The monoisotopic (exact) mass is 222 g/mol. The SMILES string of the molecule is CC1CCC2(C)C(C)C(CCO)=CCC12C. The van der Waals surface area contributed by atoms with E-state index >= 15 is 0 Å². The summed E-state index contributed by atoms with van der Waals surface area (Å²) in [5.41, 5.74) is 2.42. The molecule has 2 aliphatic rings. The Balaban J connectivity index is 2.34. The number of aliphatic hydroxyl groups excluding tert-OH is 1. The fourth-order valence-electron chi connectivity index (χ4n) is 4.21. The van der Waals surface area contributed by atoms with E-state index in [1.165, 1.54) is 24.8 Å². The van der Waals surface area contributed by atoms with Gasteiger partial charge in [-0.1, -0.05) is 39.3 Å². The van der Waals surface area contributed by atoms with E-state index in [0.717, 1.165) is 12.3 Å². The van der Waals surface area contributed by atoms with Gasteiger partial charge < -0.3 is 5.11 Å². The van der Waals surface area contributed by atoms with Crippen LogP contribution >= 0.6 is 0 Å². The van der Waals surface area contributed by atoms with Crippen molar-refractivity contribution in [3.8, 4) is 0 Å². The van der Waals surface area contributed by atoms with Crippen molar-refractivity contribution in [3.63, 3.8) is 0 Å². The minimum Gasteiger partial charge on any atom is -0.396 e. The Labute approximate surface area is 99.9 Å². The van der Waals surface area contributed by atoms with E-state index < -0.39 is 0 Å². The summed E-state index contributed by atoms with van der Waals surface area (Å²) in [7, 11) is 0. The van der Waals surface area contributed by atoms with Gasteiger partial charge in [-0.25, -0.2) is 0 Å². The minimum absolute atomic E-state index is 0.304. The summed E-state index contributed by atoms with van der Waals surface area (Å²) in [6.45, 7) is 10.1. The standard InChI is InChI=1S/C15H26O/c1-11-5-8-15(4)12(2)13(7-10-16)6-9-14(11,15)3/h6,11-12,16H,5,7-10H2,1-4H3. The summed E-state index contributed by atoms with van der Waals surface area (Å²) in [5.74, 6) is 1.48. The third kappa shape index (κ3) is 1.40. The number of rotatable bonds is 2. The second-order valence-corrected chi connectivity index (χ2v) is 6.45. The molecule has 4 unspecified atom stereocenters. The fraction of sp³-hybridized carbons (Fsp3) is 0.867. The van der Waals surface area contributed by atoms with Crippen LogP contribution in [0.15, 0.2) is 11.6 Å². The van der Waals surface area contributed by atoms with E-state index in [0.29, 0.717) is 23.4 Å². The molecule has 0 spiro atoms. The molecule has 2 rings (SSSR count). The van der Waals surface area contributed by atoms with E-state index in [4.69, 9.17) is 5.11 Å². The van der Waals surface area contributed by atoms with Crippen LogP contribution in [0.1, 0.15) is 53.4 Å². The normalized spacial score (nSPS) is 47.7. The van der Waals surface area contributed by atoms with Crippen molar-refractivity contribution in [2.24, 2.45) is 22.7 Å². The summed E-state index contributed by atoms with van der Waals surface area (Å²) in [4.78, 5) is 0. The predicted molar refractivity (Wildman–Crippen MR) is 68.2 cm³/mol. The first-order valence-corrected chi connectivity index (χ1v) is 6.75. The predicted octanol–water partition coefficient (Wildman–Crippen LogP) is 3.78. The van der Waals surface area contributed by atoms with Gasteiger partial charge in [0.2, 0.25) is 0 Å².